The normalized spacial score (nSPS) is 0.450. The van der Waals surface area contributed by atoms with E-state index in [-0.39, 0.29) is 460 Å². The molecule has 80 heavy (non-hydrogen) atoms. The first-order valence-electron chi connectivity index (χ1n) is 1.84. The van der Waals surface area contributed by atoms with Crippen molar-refractivity contribution in [3.8, 4) is 0 Å². The summed E-state index contributed by atoms with van der Waals surface area (Å²) in [6.45, 7) is 0. The van der Waals surface area contributed by atoms with Crippen molar-refractivity contribution in [1.82, 2.24) is 0 Å². The van der Waals surface area contributed by atoms with Gasteiger partial charge in [0.2, 0.25) is 0 Å². The van der Waals surface area contributed by atoms with E-state index in [4.69, 9.17) is 43.0 Å². The molecule has 604 valence electrons. The van der Waals surface area contributed by atoms with Gasteiger partial charge in [0.05, 0.1) is 0 Å². The molecule has 9 N–H and O–H groups in total. The summed E-state index contributed by atoms with van der Waals surface area (Å²) in [5.74, 6) is 0. The first kappa shape index (κ1) is 5970. The van der Waals surface area contributed by atoms with Crippen LogP contribution in [0.1, 0.15) is 460 Å². The summed E-state index contributed by atoms with van der Waals surface area (Å²) in [5.41, 5.74) is 0. The summed E-state index contributed by atoms with van der Waals surface area (Å²) in [6.07, 6.45) is 0. The van der Waals surface area contributed by atoms with Crippen molar-refractivity contribution in [1.29, 1.82) is 43.0 Å². The van der Waals surface area contributed by atoms with Crippen LogP contribution in [0.15, 0.2) is 0 Å². The van der Waals surface area contributed by atoms with Gasteiger partial charge in [0, 0.05) is 112 Å². The number of nitrogens with one attached hydrogen (secondary N) is 9. The van der Waals surface area contributed by atoms with Gasteiger partial charge < -0.3 is 0 Å². The predicted octanol–water partition coefficient (Wildman–Crippen LogP) is 42.1. The van der Waals surface area contributed by atoms with E-state index in [1.54, 1.807) is 0 Å². The van der Waals surface area contributed by atoms with Crippen LogP contribution in [0.25, 0.3) is 0 Å². The van der Waals surface area contributed by atoms with Crippen molar-refractivity contribution in [3.63, 3.8) is 0 Å². The SMILES string of the molecule is C.C.C.C.C.C.C.C.C.C.C.C.C.C.C.C.C.C.C.C.C.C.C.C.C.C.C.C.C.C.C.C.C.C.C.C.C.C.C.C.C.C.C.C.C.C.C.C.C.C.C.C.C.C.C.C.C.C.C.C.C.C.N=S.N=S.N=S.N=S.N=S.N=S.N=S.N=S.N=S. The van der Waals surface area contributed by atoms with Crippen LogP contribution in [-0.4, -0.2) is 0 Å². The lowest BCUT2D eigenvalue weighted by Crippen LogP contribution is -0.668. The highest BCUT2D eigenvalue weighted by Crippen LogP contribution is 0.767. The molecule has 0 bridgehead atoms. The molecule has 9 nitrogen and oxygen atoms in total. The van der Waals surface area contributed by atoms with Gasteiger partial charge in [-0.1, -0.05) is 460 Å². The number of hydrogen-bond donors (Lipinski definition) is 9. The Labute approximate surface area is 610 Å². The maximum Gasteiger partial charge on any atom is 0.0324 e. The van der Waals surface area contributed by atoms with Gasteiger partial charge in [0.1, 0.15) is 0 Å². The second kappa shape index (κ2) is 14900000. The van der Waals surface area contributed by atoms with Crippen molar-refractivity contribution in [2.45, 2.75) is 460 Å². The summed E-state index contributed by atoms with van der Waals surface area (Å²) in [7, 11) is 0. The van der Waals surface area contributed by atoms with E-state index in [1.807, 2.05) is 0 Å². The fourth-order valence-electron chi connectivity index (χ4n) is 0. The molecule has 0 spiro atoms. The Kier molecular flexibility index (Phi) is 1110000000. The molecule has 0 aliphatic heterocycles. The molecule has 0 aliphatic rings. The van der Waals surface area contributed by atoms with Crippen molar-refractivity contribution in [2.75, 3.05) is 0 Å². The highest BCUT2D eigenvalue weighted by molar-refractivity contribution is 7.46. The zero-order chi connectivity index (χ0) is 18.0. The summed E-state index contributed by atoms with van der Waals surface area (Å²) in [6, 6.07) is 0. The highest BCUT2D eigenvalue weighted by atomic mass is 32.1. The summed E-state index contributed by atoms with van der Waals surface area (Å²) in [5, 5.41) is 0. The molecular weight excluding hydrogens is 1160 g/mol. The molecule has 0 aromatic carbocycles. The maximum atomic E-state index is 5.33. The first-order chi connectivity index (χ1) is 9.00. The Morgan fingerprint density at radius 2 is 0.0500 bits per heavy atom. The molecule has 0 aliphatic carbocycles. The summed E-state index contributed by atoms with van der Waals surface area (Å²) < 4.78 is 48.0. The highest BCUT2D eigenvalue weighted by Gasteiger charge is 0.636. The molecule has 0 amide bonds. The van der Waals surface area contributed by atoms with E-state index in [2.05, 4.69) is 112 Å². The smallest absolute Gasteiger partial charge is 0.0324 e. The quantitative estimate of drug-likeness (QED) is 0.113. The van der Waals surface area contributed by atoms with Crippen LogP contribution >= 0.6 is 0 Å². The largest absolute Gasteiger partial charge is 0.235 e. The summed E-state index contributed by atoms with van der Waals surface area (Å²) in [4.78, 5) is 0. The summed E-state index contributed by atoms with van der Waals surface area (Å²) >= 11 is 30.0. The zero-order valence-electron chi connectivity index (χ0n) is 8.17. The van der Waals surface area contributed by atoms with E-state index in [0.29, 0.717) is 0 Å². The Bertz CT molecular complexity index is 108. The Hall–Kier alpha value is 0.180. The van der Waals surface area contributed by atoms with Gasteiger partial charge in [-0.25, -0.2) is 43.0 Å². The van der Waals surface area contributed by atoms with Crippen LogP contribution in [-0.2, 0) is 112 Å². The second-order valence-corrected chi connectivity index (χ2v) is 0. The lowest BCUT2D eigenvalue weighted by Gasteiger charge is -0.821. The molecule has 18 heteroatoms. The van der Waals surface area contributed by atoms with Crippen molar-refractivity contribution in [2.24, 2.45) is 0 Å². The third-order valence-corrected chi connectivity index (χ3v) is 0. The minimum atomic E-state index is 0. The molecule has 0 aromatic rings. The Balaban J connectivity index is -0.000000000151. The van der Waals surface area contributed by atoms with Gasteiger partial charge in [0.25, 0.3) is 0 Å². The lowest BCUT2D eigenvalue weighted by atomic mass is 12.0. The van der Waals surface area contributed by atoms with Crippen molar-refractivity contribution in [3.05, 3.63) is 0 Å². The molecule has 0 aromatic heterocycles. The van der Waals surface area contributed by atoms with Gasteiger partial charge >= 0.3 is 0 Å². The third-order valence-electron chi connectivity index (χ3n) is 0. The molecule has 0 unspecified atom stereocenters. The van der Waals surface area contributed by atoms with E-state index >= 15 is 0 Å². The molecule has 0 radical (unpaired) electrons. The minimum absolute atomic E-state index is 0. The fourth-order valence-corrected chi connectivity index (χ4v) is 0. The topological polar surface area (TPSA) is 215 Å². The maximum absolute atomic E-state index is 5.33. The van der Waals surface area contributed by atoms with Gasteiger partial charge in [-0.15, -0.1) is 0 Å². The van der Waals surface area contributed by atoms with Crippen molar-refractivity contribution >= 4 is 112 Å². The van der Waals surface area contributed by atoms with Crippen LogP contribution in [0.2, 0.25) is 0 Å². The zero-order valence-corrected chi connectivity index (χ0v) is 15.5. The second-order valence-electron chi connectivity index (χ2n) is 0. The van der Waals surface area contributed by atoms with Crippen LogP contribution in [0.4, 0.5) is 0 Å². The van der Waals surface area contributed by atoms with E-state index in [0.717, 1.165) is 0 Å². The average Bonchev–Trinajstić information content (AvgIpc) is 2.63. The van der Waals surface area contributed by atoms with Gasteiger partial charge in [-0.2, -0.15) is 0 Å². The fraction of sp³-hybridized carbons (Fsp3) is 1.00. The molecule has 0 saturated heterocycles. The monoisotopic (exact) mass is 1420 g/mol. The Morgan fingerprint density at radius 3 is 0.0500 bits per heavy atom. The van der Waals surface area contributed by atoms with Gasteiger partial charge in [0.15, 0.2) is 0 Å². The van der Waals surface area contributed by atoms with Gasteiger partial charge in [-0.3, -0.25) is 0 Å². The average molecular weight is 1420 g/mol. The third kappa shape index (κ3) is 14400000. The molecular formula is C62H257N9S9. The minimum Gasteiger partial charge on any atom is -0.235 e. The van der Waals surface area contributed by atoms with Gasteiger partial charge in [-0.05, 0) is 0 Å². The molecule has 0 atom stereocenters. The van der Waals surface area contributed by atoms with Crippen molar-refractivity contribution < 1.29 is 0 Å². The Morgan fingerprint density at radius 1 is 0.0500 bits per heavy atom. The molecule has 0 fully saturated rings. The number of rotatable bonds is 0. The van der Waals surface area contributed by atoms with E-state index in [1.165, 1.54) is 0 Å². The molecule has 0 rings (SSSR count). The molecule has 0 heterocycles. The van der Waals surface area contributed by atoms with E-state index < -0.39 is 0 Å². The lowest BCUT2D eigenvalue weighted by molar-refractivity contribution is 1.67. The van der Waals surface area contributed by atoms with Crippen LogP contribution in [0, 0.1) is 43.0 Å². The van der Waals surface area contributed by atoms with Crippen LogP contribution in [0.5, 0.6) is 0 Å². The van der Waals surface area contributed by atoms with Crippen LogP contribution in [0.3, 0.4) is 0 Å². The number of hydrogen-bond acceptors (Lipinski definition) is 18. The standard InChI is InChI=1S/62CH4.9HNS/c;;;;;;;;;;;;;;;;;;;;;;;;;;;;;;;;;;;;;;;;;;;;;;;;;;;;;;;;;;;;;;9*1-2/h62*1H4;9*1H. The van der Waals surface area contributed by atoms with E-state index in [9.17, 15) is 0 Å². The van der Waals surface area contributed by atoms with Crippen LogP contribution < -0.4 is 0 Å². The molecule has 0 saturated carbocycles. The first-order valence-corrected chi connectivity index (χ1v) is 5.51. The predicted molar refractivity (Wildman–Crippen MR) is 508 cm³/mol.